The number of aromatic nitrogens is 7. The number of rotatable bonds is 17. The molecule has 2 aliphatic heterocycles. The maximum absolute atomic E-state index is 12.4. The molecule has 0 spiro atoms. The lowest BCUT2D eigenvalue weighted by Gasteiger charge is -2.45. The first-order valence-electron chi connectivity index (χ1n) is 18.8. The van der Waals surface area contributed by atoms with Crippen LogP contribution in [0.5, 0.6) is 0 Å². The van der Waals surface area contributed by atoms with Gasteiger partial charge in [-0.15, -0.1) is 5.10 Å². The van der Waals surface area contributed by atoms with E-state index in [1.807, 2.05) is 0 Å². The van der Waals surface area contributed by atoms with E-state index in [1.54, 1.807) is 15.4 Å². The summed E-state index contributed by atoms with van der Waals surface area (Å²) in [6.45, 7) is 3.00. The number of anilines is 1. The Morgan fingerprint density at radius 2 is 1.67 bits per heavy atom. The van der Waals surface area contributed by atoms with Gasteiger partial charge in [-0.05, 0) is 24.8 Å². The van der Waals surface area contributed by atoms with Crippen LogP contribution < -0.4 is 11.3 Å². The van der Waals surface area contributed by atoms with Gasteiger partial charge in [-0.2, -0.15) is 4.98 Å². The summed E-state index contributed by atoms with van der Waals surface area (Å²) < 4.78 is 35.8. The van der Waals surface area contributed by atoms with E-state index in [4.69, 9.17) is 34.2 Å². The van der Waals surface area contributed by atoms with Crippen LogP contribution in [0, 0.1) is 5.92 Å². The Kier molecular flexibility index (Phi) is 14.4. The molecule has 2 saturated heterocycles. The van der Waals surface area contributed by atoms with Crippen molar-refractivity contribution >= 4 is 23.3 Å². The first kappa shape index (κ1) is 43.4. The fourth-order valence-corrected chi connectivity index (χ4v) is 7.19. The van der Waals surface area contributed by atoms with Crippen LogP contribution in [0.3, 0.4) is 0 Å². The van der Waals surface area contributed by atoms with Gasteiger partial charge in [0.1, 0.15) is 67.7 Å². The fraction of sp³-hybridized carbons (Fsp3) is 0.706. The van der Waals surface area contributed by atoms with Crippen molar-refractivity contribution in [3.63, 3.8) is 0 Å². The lowest BCUT2D eigenvalue weighted by atomic mass is 9.97. The molecule has 0 aromatic carbocycles. The van der Waals surface area contributed by atoms with Gasteiger partial charge in [0, 0.05) is 19.1 Å². The zero-order valence-electron chi connectivity index (χ0n) is 31.2. The van der Waals surface area contributed by atoms with Crippen LogP contribution in [-0.4, -0.2) is 175 Å². The van der Waals surface area contributed by atoms with Crippen molar-refractivity contribution in [2.45, 2.75) is 119 Å². The van der Waals surface area contributed by atoms with Crippen molar-refractivity contribution in [1.29, 1.82) is 0 Å². The second-order valence-corrected chi connectivity index (χ2v) is 14.4. The Labute approximate surface area is 329 Å². The van der Waals surface area contributed by atoms with Gasteiger partial charge in [-0.1, -0.05) is 24.6 Å². The minimum absolute atomic E-state index is 0.0772. The van der Waals surface area contributed by atoms with Gasteiger partial charge in [-0.25, -0.2) is 9.78 Å². The predicted molar refractivity (Wildman–Crippen MR) is 192 cm³/mol. The Morgan fingerprint density at radius 3 is 2.43 bits per heavy atom. The molecule has 322 valence electrons. The molecule has 1 aliphatic carbocycles. The molecular formula is C34H50N8O16. The number of nitrogens with two attached hydrogens (primary N) is 1. The van der Waals surface area contributed by atoms with Crippen molar-refractivity contribution in [2.24, 2.45) is 5.92 Å². The maximum Gasteiger partial charge on any atom is 0.508 e. The van der Waals surface area contributed by atoms with Gasteiger partial charge in [-0.3, -0.25) is 14.5 Å². The molecular weight excluding hydrogens is 776 g/mol. The van der Waals surface area contributed by atoms with E-state index in [1.165, 1.54) is 6.33 Å². The molecule has 24 heteroatoms. The topological polar surface area (TPSA) is 355 Å². The van der Waals surface area contributed by atoms with Crippen molar-refractivity contribution in [2.75, 3.05) is 32.2 Å². The molecule has 11 N–H and O–H groups in total. The average molecular weight is 827 g/mol. The summed E-state index contributed by atoms with van der Waals surface area (Å²) >= 11 is 0. The molecule has 6 rings (SSSR count). The first-order chi connectivity index (χ1) is 27.8. The minimum Gasteiger partial charge on any atom is -0.434 e. The van der Waals surface area contributed by atoms with E-state index in [2.05, 4.69) is 31.8 Å². The number of nitrogens with zero attached hydrogens (tertiary/aromatic N) is 6. The number of nitrogen functional groups attached to an aromatic ring is 1. The zero-order valence-corrected chi connectivity index (χ0v) is 31.2. The summed E-state index contributed by atoms with van der Waals surface area (Å²) in [6.07, 6.45) is -11.0. The molecule has 0 bridgehead atoms. The molecule has 3 aromatic heterocycles. The summed E-state index contributed by atoms with van der Waals surface area (Å²) in [5, 5.41) is 89.7. The number of ether oxygens (including phenoxy) is 6. The lowest BCUT2D eigenvalue weighted by Crippen LogP contribution is -2.64. The fourth-order valence-electron chi connectivity index (χ4n) is 7.19. The van der Waals surface area contributed by atoms with Gasteiger partial charge in [0.25, 0.3) is 5.56 Å². The van der Waals surface area contributed by atoms with Crippen LogP contribution in [0.4, 0.5) is 10.7 Å². The zero-order chi connectivity index (χ0) is 41.7. The largest absolute Gasteiger partial charge is 0.508 e. The van der Waals surface area contributed by atoms with Gasteiger partial charge < -0.3 is 79.6 Å². The number of imidazole rings is 1. The van der Waals surface area contributed by atoms with Crippen molar-refractivity contribution < 1.29 is 74.1 Å². The number of nitrogens with one attached hydrogen (secondary N) is 1. The molecule has 0 radical (unpaired) electrons. The number of aliphatic hydroxyl groups excluding tert-OH is 8. The second kappa shape index (κ2) is 19.3. The quantitative estimate of drug-likeness (QED) is 0.0356. The number of aromatic amines is 1. The highest BCUT2D eigenvalue weighted by Gasteiger charge is 2.50. The molecule has 3 aromatic rings. The summed E-state index contributed by atoms with van der Waals surface area (Å²) in [4.78, 5) is 35.2. The number of fused-ring (bicyclic) bond motifs is 1. The van der Waals surface area contributed by atoms with Crippen molar-refractivity contribution in [1.82, 2.24) is 34.5 Å². The van der Waals surface area contributed by atoms with Gasteiger partial charge in [0.15, 0.2) is 23.7 Å². The number of unbranched alkanes of at least 4 members (excludes halogenated alkanes) is 3. The normalized spacial score (nSPS) is 32.8. The summed E-state index contributed by atoms with van der Waals surface area (Å²) in [5.74, 6) is -0.684. The Balaban J connectivity index is 0.852. The standard InChI is InChI=1S/C34H50N8O16/c1-15-17(19(45)8-18(15)42-14-36-22-29(42)37-33(35)38-30(22)51)13-55-34(52)54-12-16-9-41(40-39-16)6-4-2-3-5-7-53-31-27(50)25(48)28(21(11-44)57-31)58-32-26(49)24(47)23(46)20(10-43)56-32/h9,14,17-21,23-28,31-32,43-50H,1-8,10-13H2,(H3,35,37,38,51)/t17-,18-,19?,20?,21?,23-,24-,25+,26?,27?,28+,31+,32-/m0/s1. The molecule has 3 aliphatic rings. The van der Waals surface area contributed by atoms with Gasteiger partial charge >= 0.3 is 6.16 Å². The van der Waals surface area contributed by atoms with Crippen LogP contribution in [0.25, 0.3) is 11.2 Å². The smallest absolute Gasteiger partial charge is 0.434 e. The number of aliphatic hydroxyl groups is 8. The number of aryl methyl sites for hydroxylation is 1. The predicted octanol–water partition coefficient (Wildman–Crippen LogP) is -3.67. The highest BCUT2D eigenvalue weighted by molar-refractivity contribution is 5.71. The third kappa shape index (κ3) is 9.64. The number of hydrogen-bond acceptors (Lipinski definition) is 21. The van der Waals surface area contributed by atoms with Gasteiger partial charge in [0.2, 0.25) is 5.95 Å². The summed E-state index contributed by atoms with van der Waals surface area (Å²) in [5.41, 5.74) is 6.49. The van der Waals surface area contributed by atoms with Crippen LogP contribution in [-0.2, 0) is 41.6 Å². The van der Waals surface area contributed by atoms with E-state index in [-0.39, 0.29) is 43.4 Å². The number of carbonyl (C=O) groups excluding carboxylic acids is 1. The molecule has 1 saturated carbocycles. The SMILES string of the molecule is C=C1[C@H](COC(=O)OCc2cn(CCCCCCO[C@@H]3OC(CO)[C@@H](O[C@@H]4OC(CO)[C@H](O)[C@H](O)C4O)[C@H](O)C3O)nn2)C(O)C[C@@H]1n1cnc2c(=O)[nH]c(N)nc21. The summed E-state index contributed by atoms with van der Waals surface area (Å²) in [6, 6.07) is -0.461. The van der Waals surface area contributed by atoms with E-state index in [9.17, 15) is 50.4 Å². The lowest BCUT2D eigenvalue weighted by molar-refractivity contribution is -0.359. The molecule has 24 nitrogen and oxygen atoms in total. The molecule has 58 heavy (non-hydrogen) atoms. The summed E-state index contributed by atoms with van der Waals surface area (Å²) in [7, 11) is 0. The highest BCUT2D eigenvalue weighted by atomic mass is 16.7. The number of carbonyl (C=O) groups is 1. The van der Waals surface area contributed by atoms with Crippen LogP contribution in [0.2, 0.25) is 0 Å². The number of hydrogen-bond donors (Lipinski definition) is 10. The van der Waals surface area contributed by atoms with Crippen LogP contribution in [0.1, 0.15) is 43.8 Å². The Bertz CT molecular complexity index is 1890. The molecule has 13 atom stereocenters. The average Bonchev–Trinajstić information content (AvgIpc) is 3.92. The van der Waals surface area contributed by atoms with E-state index in [0.717, 1.165) is 19.3 Å². The third-order valence-electron chi connectivity index (χ3n) is 10.4. The Morgan fingerprint density at radius 1 is 0.948 bits per heavy atom. The molecule has 0 amide bonds. The van der Waals surface area contributed by atoms with Crippen molar-refractivity contribution in [3.8, 4) is 0 Å². The molecule has 3 fully saturated rings. The molecule has 5 unspecified atom stereocenters. The second-order valence-electron chi connectivity index (χ2n) is 14.4. The molecule has 5 heterocycles. The van der Waals surface area contributed by atoms with Crippen LogP contribution >= 0.6 is 0 Å². The Hall–Kier alpha value is -4.18. The first-order valence-corrected chi connectivity index (χ1v) is 18.8. The number of H-pyrrole nitrogens is 1. The van der Waals surface area contributed by atoms with E-state index < -0.39 is 104 Å². The third-order valence-corrected chi connectivity index (χ3v) is 10.4. The van der Waals surface area contributed by atoms with Crippen molar-refractivity contribution in [3.05, 3.63) is 40.7 Å². The highest BCUT2D eigenvalue weighted by Crippen LogP contribution is 2.40. The maximum atomic E-state index is 12.4. The van der Waals surface area contributed by atoms with E-state index in [0.29, 0.717) is 24.2 Å². The van der Waals surface area contributed by atoms with Crippen LogP contribution in [0.15, 0.2) is 29.5 Å². The monoisotopic (exact) mass is 826 g/mol. The van der Waals surface area contributed by atoms with Gasteiger partial charge in [0.05, 0.1) is 37.9 Å². The minimum atomic E-state index is -1.76. The van der Waals surface area contributed by atoms with E-state index >= 15 is 0 Å².